The molecule has 1 aromatic carbocycles. The molecule has 24 heavy (non-hydrogen) atoms. The molecule has 1 saturated carbocycles. The lowest BCUT2D eigenvalue weighted by Crippen LogP contribution is -2.41. The van der Waals surface area contributed by atoms with E-state index < -0.39 is 29.5 Å². The van der Waals surface area contributed by atoms with Crippen LogP contribution in [-0.2, 0) is 14.3 Å². The largest absolute Gasteiger partial charge is 0.489 e. The Kier molecular flexibility index (Phi) is 4.99. The third-order valence-electron chi connectivity index (χ3n) is 4.58. The van der Waals surface area contributed by atoms with Crippen molar-refractivity contribution in [3.63, 3.8) is 0 Å². The molecule has 3 rings (SSSR count). The topological polar surface area (TPSA) is 84.9 Å². The van der Waals surface area contributed by atoms with Crippen LogP contribution in [0, 0.1) is 17.7 Å². The minimum Gasteiger partial charge on any atom is -0.489 e. The van der Waals surface area contributed by atoms with E-state index in [1.165, 1.54) is 18.2 Å². The van der Waals surface area contributed by atoms with Gasteiger partial charge >= 0.3 is 5.97 Å². The number of carboxylic acids is 1. The van der Waals surface area contributed by atoms with Gasteiger partial charge < -0.3 is 19.9 Å². The molecule has 0 aromatic heterocycles. The molecule has 6 nitrogen and oxygen atoms in total. The second kappa shape index (κ2) is 7.17. The molecule has 3 unspecified atom stereocenters. The van der Waals surface area contributed by atoms with E-state index in [1.54, 1.807) is 0 Å². The normalized spacial score (nSPS) is 25.8. The predicted molar refractivity (Wildman–Crippen MR) is 83.3 cm³/mol. The average molecular weight is 337 g/mol. The molecule has 1 heterocycles. The maximum Gasteiger partial charge on any atom is 0.307 e. The van der Waals surface area contributed by atoms with E-state index in [0.29, 0.717) is 31.8 Å². The fourth-order valence-corrected chi connectivity index (χ4v) is 3.02. The second-order valence-electron chi connectivity index (χ2n) is 6.20. The Hall–Kier alpha value is -2.15. The van der Waals surface area contributed by atoms with E-state index in [2.05, 4.69) is 5.32 Å². The molecule has 1 aliphatic heterocycles. The van der Waals surface area contributed by atoms with Gasteiger partial charge in [0.1, 0.15) is 18.2 Å². The van der Waals surface area contributed by atoms with E-state index in [4.69, 9.17) is 14.6 Å². The van der Waals surface area contributed by atoms with Crippen molar-refractivity contribution >= 4 is 17.6 Å². The minimum atomic E-state index is -0.976. The molecule has 1 amide bonds. The van der Waals surface area contributed by atoms with E-state index in [1.807, 2.05) is 0 Å². The molecule has 0 bridgehead atoms. The Balaban J connectivity index is 1.66. The van der Waals surface area contributed by atoms with E-state index in [9.17, 15) is 14.0 Å². The zero-order valence-electron chi connectivity index (χ0n) is 13.2. The molecular formula is C17H20FNO5. The summed E-state index contributed by atoms with van der Waals surface area (Å²) in [6.07, 6.45) is 2.90. The number of benzene rings is 1. The van der Waals surface area contributed by atoms with Crippen LogP contribution in [0.2, 0.25) is 0 Å². The van der Waals surface area contributed by atoms with Gasteiger partial charge in [0.2, 0.25) is 5.91 Å². The van der Waals surface area contributed by atoms with E-state index in [0.717, 1.165) is 12.8 Å². The van der Waals surface area contributed by atoms with E-state index in [-0.39, 0.29) is 11.8 Å². The Labute approximate surface area is 138 Å². The number of hydrogen-bond acceptors (Lipinski definition) is 4. The molecule has 130 valence electrons. The number of carbonyl (C=O) groups excluding carboxylic acids is 1. The number of nitrogens with one attached hydrogen (secondary N) is 1. The maximum absolute atomic E-state index is 13.5. The molecule has 3 atom stereocenters. The van der Waals surface area contributed by atoms with Gasteiger partial charge in [-0.1, -0.05) is 0 Å². The van der Waals surface area contributed by atoms with Crippen molar-refractivity contribution in [3.05, 3.63) is 24.0 Å². The van der Waals surface area contributed by atoms with Gasteiger partial charge in [-0.25, -0.2) is 4.39 Å². The predicted octanol–water partition coefficient (Wildman–Crippen LogP) is 2.43. The van der Waals surface area contributed by atoms with Crippen molar-refractivity contribution in [1.82, 2.24) is 0 Å². The minimum absolute atomic E-state index is 0.00151. The van der Waals surface area contributed by atoms with Crippen LogP contribution in [0.3, 0.4) is 0 Å². The first-order valence-electron chi connectivity index (χ1n) is 8.12. The molecule has 0 spiro atoms. The van der Waals surface area contributed by atoms with Gasteiger partial charge in [-0.3, -0.25) is 9.59 Å². The van der Waals surface area contributed by atoms with Gasteiger partial charge in [-0.05, 0) is 37.8 Å². The van der Waals surface area contributed by atoms with Gasteiger partial charge in [0, 0.05) is 12.7 Å². The number of anilines is 1. The standard InChI is InChI=1S/C17H20FNO5/c18-10-3-6-15(24-9-11-2-1-7-23-11)14(8-10)19-16(20)12-4-5-13(12)17(21)22/h3,6,8,11-13H,1-2,4-5,7,9H2,(H,19,20)(H,21,22). The summed E-state index contributed by atoms with van der Waals surface area (Å²) in [4.78, 5) is 23.3. The lowest BCUT2D eigenvalue weighted by molar-refractivity contribution is -0.151. The van der Waals surface area contributed by atoms with Crippen molar-refractivity contribution in [2.75, 3.05) is 18.5 Å². The zero-order chi connectivity index (χ0) is 17.1. The van der Waals surface area contributed by atoms with Crippen LogP contribution in [0.5, 0.6) is 5.75 Å². The van der Waals surface area contributed by atoms with Crippen LogP contribution in [0.25, 0.3) is 0 Å². The summed E-state index contributed by atoms with van der Waals surface area (Å²) in [7, 11) is 0. The third-order valence-corrected chi connectivity index (χ3v) is 4.58. The number of carboxylic acid groups (broad SMARTS) is 1. The molecule has 2 N–H and O–H groups in total. The summed E-state index contributed by atoms with van der Waals surface area (Å²) >= 11 is 0. The third kappa shape index (κ3) is 3.67. The summed E-state index contributed by atoms with van der Waals surface area (Å²) in [6.45, 7) is 1.04. The number of carbonyl (C=O) groups is 2. The monoisotopic (exact) mass is 337 g/mol. The molecule has 1 aliphatic carbocycles. The van der Waals surface area contributed by atoms with Crippen LogP contribution >= 0.6 is 0 Å². The number of aliphatic carboxylic acids is 1. The lowest BCUT2D eigenvalue weighted by Gasteiger charge is -2.32. The number of rotatable bonds is 6. The summed E-state index contributed by atoms with van der Waals surface area (Å²) in [5.41, 5.74) is 0.217. The number of amides is 1. The first kappa shape index (κ1) is 16.7. The smallest absolute Gasteiger partial charge is 0.307 e. The quantitative estimate of drug-likeness (QED) is 0.833. The van der Waals surface area contributed by atoms with Crippen LogP contribution in [0.15, 0.2) is 18.2 Å². The fourth-order valence-electron chi connectivity index (χ4n) is 3.02. The molecular weight excluding hydrogens is 317 g/mol. The molecule has 2 fully saturated rings. The highest BCUT2D eigenvalue weighted by molar-refractivity contribution is 5.97. The number of halogens is 1. The highest BCUT2D eigenvalue weighted by Gasteiger charge is 2.41. The summed E-state index contributed by atoms with van der Waals surface area (Å²) < 4.78 is 24.6. The van der Waals surface area contributed by atoms with Crippen LogP contribution in [0.1, 0.15) is 25.7 Å². The van der Waals surface area contributed by atoms with E-state index >= 15 is 0 Å². The van der Waals surface area contributed by atoms with Crippen molar-refractivity contribution in [2.24, 2.45) is 11.8 Å². The van der Waals surface area contributed by atoms with Gasteiger partial charge in [0.25, 0.3) is 0 Å². The first-order chi connectivity index (χ1) is 11.5. The summed E-state index contributed by atoms with van der Waals surface area (Å²) in [5.74, 6) is -2.80. The highest BCUT2D eigenvalue weighted by Crippen LogP contribution is 2.36. The highest BCUT2D eigenvalue weighted by atomic mass is 19.1. The number of ether oxygens (including phenoxy) is 2. The zero-order valence-corrected chi connectivity index (χ0v) is 13.2. The van der Waals surface area contributed by atoms with Gasteiger partial charge in [-0.2, -0.15) is 0 Å². The SMILES string of the molecule is O=C(O)C1CCC1C(=O)Nc1cc(F)ccc1OCC1CCCO1. The van der Waals surface area contributed by atoms with Crippen molar-refractivity contribution < 1.29 is 28.6 Å². The van der Waals surface area contributed by atoms with Crippen LogP contribution in [-0.4, -0.2) is 36.3 Å². The molecule has 2 aliphatic rings. The van der Waals surface area contributed by atoms with Crippen molar-refractivity contribution in [1.29, 1.82) is 0 Å². The molecule has 1 aromatic rings. The molecule has 1 saturated heterocycles. The van der Waals surface area contributed by atoms with Gasteiger partial charge in [-0.15, -0.1) is 0 Å². The summed E-state index contributed by atoms with van der Waals surface area (Å²) in [5, 5.41) is 11.6. The average Bonchev–Trinajstić information content (AvgIpc) is 2.97. The van der Waals surface area contributed by atoms with Gasteiger partial charge in [0.05, 0.1) is 23.6 Å². The second-order valence-corrected chi connectivity index (χ2v) is 6.20. The van der Waals surface area contributed by atoms with Crippen LogP contribution < -0.4 is 10.1 Å². The lowest BCUT2D eigenvalue weighted by atomic mass is 9.73. The first-order valence-corrected chi connectivity index (χ1v) is 8.12. The molecule has 0 radical (unpaired) electrons. The number of hydrogen-bond donors (Lipinski definition) is 2. The maximum atomic E-state index is 13.5. The van der Waals surface area contributed by atoms with Crippen molar-refractivity contribution in [3.8, 4) is 5.75 Å². The summed E-state index contributed by atoms with van der Waals surface area (Å²) in [6, 6.07) is 3.89. The van der Waals surface area contributed by atoms with Crippen molar-refractivity contribution in [2.45, 2.75) is 31.8 Å². The Morgan fingerprint density at radius 1 is 1.29 bits per heavy atom. The van der Waals surface area contributed by atoms with Crippen LogP contribution in [0.4, 0.5) is 10.1 Å². The molecule has 7 heteroatoms. The fraction of sp³-hybridized carbons (Fsp3) is 0.529. The Morgan fingerprint density at radius 2 is 2.08 bits per heavy atom. The van der Waals surface area contributed by atoms with Gasteiger partial charge in [0.15, 0.2) is 0 Å². The Morgan fingerprint density at radius 3 is 2.71 bits per heavy atom. The Bertz CT molecular complexity index is 629.